The number of hydrogen-bond acceptors (Lipinski definition) is 3. The molecule has 0 aliphatic carbocycles. The Kier molecular flexibility index (Phi) is 1.43. The van der Waals surface area contributed by atoms with Crippen molar-refractivity contribution in [2.24, 2.45) is 0 Å². The minimum absolute atomic E-state index is 0.223. The molecule has 1 N–H and O–H groups in total. The maximum absolute atomic E-state index is 9.13. The number of aromatic hydroxyl groups is 1. The number of benzene rings is 1. The van der Waals surface area contributed by atoms with Crippen LogP contribution in [0.15, 0.2) is 24.4 Å². The van der Waals surface area contributed by atoms with Gasteiger partial charge in [0, 0.05) is 12.3 Å². The highest BCUT2D eigenvalue weighted by molar-refractivity contribution is 5.75. The molecule has 1 aromatic carbocycles. The Bertz CT molecular complexity index is 385. The van der Waals surface area contributed by atoms with E-state index in [0.29, 0.717) is 0 Å². The first-order valence-electron chi connectivity index (χ1n) is 3.68. The van der Waals surface area contributed by atoms with Crippen LogP contribution in [0.3, 0.4) is 0 Å². The van der Waals surface area contributed by atoms with Gasteiger partial charge in [-0.1, -0.05) is 0 Å². The van der Waals surface area contributed by atoms with Gasteiger partial charge in [0.05, 0.1) is 16.7 Å². The van der Waals surface area contributed by atoms with Gasteiger partial charge in [0.1, 0.15) is 5.75 Å². The molecule has 0 unspecified atom stereocenters. The number of rotatable bonds is 0. The molecule has 0 fully saturated rings. The highest BCUT2D eigenvalue weighted by Gasteiger charge is 1.96. The largest absolute Gasteiger partial charge is 0.508 e. The predicted molar refractivity (Wildman–Crippen MR) is 45.9 cm³/mol. The highest BCUT2D eigenvalue weighted by atomic mass is 16.3. The zero-order valence-electron chi connectivity index (χ0n) is 6.65. The maximum Gasteiger partial charge on any atom is 0.117 e. The first-order valence-corrected chi connectivity index (χ1v) is 3.68. The van der Waals surface area contributed by atoms with Crippen LogP contribution in [0.25, 0.3) is 11.0 Å². The second-order valence-corrected chi connectivity index (χ2v) is 2.68. The molecule has 1 aromatic heterocycles. The number of phenolic OH excluding ortho intramolecular Hbond substituents is 1. The van der Waals surface area contributed by atoms with E-state index in [1.807, 2.05) is 6.92 Å². The smallest absolute Gasteiger partial charge is 0.117 e. The molecule has 60 valence electrons. The van der Waals surface area contributed by atoms with Crippen LogP contribution < -0.4 is 0 Å². The molecule has 0 amide bonds. The summed E-state index contributed by atoms with van der Waals surface area (Å²) in [5, 5.41) is 9.13. The van der Waals surface area contributed by atoms with E-state index in [-0.39, 0.29) is 5.75 Å². The third-order valence-corrected chi connectivity index (χ3v) is 1.65. The van der Waals surface area contributed by atoms with Crippen LogP contribution >= 0.6 is 0 Å². The summed E-state index contributed by atoms with van der Waals surface area (Å²) in [6.07, 6.45) is 1.68. The van der Waals surface area contributed by atoms with Crippen molar-refractivity contribution in [2.75, 3.05) is 0 Å². The molecule has 12 heavy (non-hydrogen) atoms. The summed E-state index contributed by atoms with van der Waals surface area (Å²) in [5.74, 6) is 0.223. The lowest BCUT2D eigenvalue weighted by Crippen LogP contribution is -1.85. The Morgan fingerprint density at radius 3 is 2.92 bits per heavy atom. The van der Waals surface area contributed by atoms with Crippen molar-refractivity contribution in [3.05, 3.63) is 30.1 Å². The molecule has 0 saturated heterocycles. The number of nitrogens with zero attached hydrogens (tertiary/aromatic N) is 2. The molecule has 0 spiro atoms. The molecule has 3 nitrogen and oxygen atoms in total. The maximum atomic E-state index is 9.13. The monoisotopic (exact) mass is 160 g/mol. The SMILES string of the molecule is Cc1cnc2cc(O)ccc2n1. The van der Waals surface area contributed by atoms with E-state index in [0.717, 1.165) is 16.7 Å². The summed E-state index contributed by atoms with van der Waals surface area (Å²) in [5.41, 5.74) is 2.42. The number of aromatic nitrogens is 2. The van der Waals surface area contributed by atoms with Crippen molar-refractivity contribution in [3.8, 4) is 5.75 Å². The minimum atomic E-state index is 0.223. The fraction of sp³-hybridized carbons (Fsp3) is 0.111. The third kappa shape index (κ3) is 1.09. The van der Waals surface area contributed by atoms with Crippen LogP contribution in [0.4, 0.5) is 0 Å². The quantitative estimate of drug-likeness (QED) is 0.637. The van der Waals surface area contributed by atoms with Crippen LogP contribution in [0, 0.1) is 6.92 Å². The van der Waals surface area contributed by atoms with Crippen molar-refractivity contribution in [1.82, 2.24) is 9.97 Å². The topological polar surface area (TPSA) is 46.0 Å². The molecular formula is C9H8N2O. The minimum Gasteiger partial charge on any atom is -0.508 e. The summed E-state index contributed by atoms with van der Waals surface area (Å²) in [4.78, 5) is 8.36. The summed E-state index contributed by atoms with van der Waals surface area (Å²) in [6.45, 7) is 1.89. The van der Waals surface area contributed by atoms with Crippen molar-refractivity contribution in [1.29, 1.82) is 0 Å². The second-order valence-electron chi connectivity index (χ2n) is 2.68. The summed E-state index contributed by atoms with van der Waals surface area (Å²) in [6, 6.07) is 4.96. The van der Waals surface area contributed by atoms with Crippen LogP contribution in [0.1, 0.15) is 5.69 Å². The van der Waals surface area contributed by atoms with Gasteiger partial charge < -0.3 is 5.11 Å². The zero-order chi connectivity index (χ0) is 8.55. The Labute approximate surface area is 69.7 Å². The van der Waals surface area contributed by atoms with E-state index in [4.69, 9.17) is 5.11 Å². The second kappa shape index (κ2) is 2.44. The van der Waals surface area contributed by atoms with E-state index in [1.54, 1.807) is 24.4 Å². The first-order chi connectivity index (χ1) is 5.75. The van der Waals surface area contributed by atoms with Gasteiger partial charge in [-0.05, 0) is 19.1 Å². The lowest BCUT2D eigenvalue weighted by atomic mass is 10.3. The lowest BCUT2D eigenvalue weighted by Gasteiger charge is -1.97. The fourth-order valence-electron chi connectivity index (χ4n) is 1.09. The van der Waals surface area contributed by atoms with Crippen molar-refractivity contribution in [2.45, 2.75) is 6.92 Å². The lowest BCUT2D eigenvalue weighted by molar-refractivity contribution is 0.476. The zero-order valence-corrected chi connectivity index (χ0v) is 6.65. The summed E-state index contributed by atoms with van der Waals surface area (Å²) < 4.78 is 0. The average molecular weight is 160 g/mol. The molecule has 0 radical (unpaired) electrons. The van der Waals surface area contributed by atoms with Gasteiger partial charge in [0.2, 0.25) is 0 Å². The van der Waals surface area contributed by atoms with E-state index >= 15 is 0 Å². The van der Waals surface area contributed by atoms with Crippen LogP contribution in [-0.4, -0.2) is 15.1 Å². The Morgan fingerprint density at radius 1 is 1.25 bits per heavy atom. The summed E-state index contributed by atoms with van der Waals surface area (Å²) in [7, 11) is 0. The Morgan fingerprint density at radius 2 is 2.08 bits per heavy atom. The molecule has 0 bridgehead atoms. The Hall–Kier alpha value is -1.64. The third-order valence-electron chi connectivity index (χ3n) is 1.65. The summed E-state index contributed by atoms with van der Waals surface area (Å²) >= 11 is 0. The molecule has 2 rings (SSSR count). The molecule has 0 aliphatic rings. The number of phenols is 1. The number of fused-ring (bicyclic) bond motifs is 1. The van der Waals surface area contributed by atoms with E-state index in [1.165, 1.54) is 0 Å². The molecule has 0 atom stereocenters. The van der Waals surface area contributed by atoms with Crippen molar-refractivity contribution in [3.63, 3.8) is 0 Å². The van der Waals surface area contributed by atoms with Gasteiger partial charge in [0.15, 0.2) is 0 Å². The van der Waals surface area contributed by atoms with Crippen LogP contribution in [-0.2, 0) is 0 Å². The Balaban J connectivity index is 2.79. The predicted octanol–water partition coefficient (Wildman–Crippen LogP) is 1.64. The van der Waals surface area contributed by atoms with Gasteiger partial charge in [-0.2, -0.15) is 0 Å². The molecular weight excluding hydrogens is 152 g/mol. The normalized spacial score (nSPS) is 10.4. The van der Waals surface area contributed by atoms with E-state index < -0.39 is 0 Å². The number of hydrogen-bond donors (Lipinski definition) is 1. The van der Waals surface area contributed by atoms with Crippen molar-refractivity contribution < 1.29 is 5.11 Å². The van der Waals surface area contributed by atoms with Crippen LogP contribution in [0.2, 0.25) is 0 Å². The molecule has 2 aromatic rings. The number of aryl methyl sites for hydroxylation is 1. The van der Waals surface area contributed by atoms with E-state index in [9.17, 15) is 0 Å². The standard InChI is InChI=1S/C9H8N2O/c1-6-5-10-9-4-7(12)2-3-8(9)11-6/h2-5,12H,1H3. The molecule has 0 saturated carbocycles. The van der Waals surface area contributed by atoms with Gasteiger partial charge in [-0.3, -0.25) is 4.98 Å². The van der Waals surface area contributed by atoms with Gasteiger partial charge in [-0.25, -0.2) is 4.98 Å². The fourth-order valence-corrected chi connectivity index (χ4v) is 1.09. The van der Waals surface area contributed by atoms with Gasteiger partial charge >= 0.3 is 0 Å². The molecule has 1 heterocycles. The highest BCUT2D eigenvalue weighted by Crippen LogP contribution is 2.15. The van der Waals surface area contributed by atoms with E-state index in [2.05, 4.69) is 9.97 Å². The van der Waals surface area contributed by atoms with Gasteiger partial charge in [0.25, 0.3) is 0 Å². The molecule has 0 aliphatic heterocycles. The van der Waals surface area contributed by atoms with Gasteiger partial charge in [-0.15, -0.1) is 0 Å². The van der Waals surface area contributed by atoms with Crippen LogP contribution in [0.5, 0.6) is 5.75 Å². The average Bonchev–Trinajstić information content (AvgIpc) is 2.05. The van der Waals surface area contributed by atoms with Crippen molar-refractivity contribution >= 4 is 11.0 Å². The molecule has 3 heteroatoms. The first kappa shape index (κ1) is 7.03.